The van der Waals surface area contributed by atoms with Crippen LogP contribution in [0.3, 0.4) is 0 Å². The highest BCUT2D eigenvalue weighted by Crippen LogP contribution is 2.32. The van der Waals surface area contributed by atoms with Gasteiger partial charge in [-0.2, -0.15) is 0 Å². The van der Waals surface area contributed by atoms with Crippen molar-refractivity contribution in [3.05, 3.63) is 54.1 Å². The monoisotopic (exact) mass is 324 g/mol. The molecule has 0 radical (unpaired) electrons. The van der Waals surface area contributed by atoms with Crippen molar-refractivity contribution in [1.29, 1.82) is 0 Å². The summed E-state index contributed by atoms with van der Waals surface area (Å²) < 4.78 is 7.06. The standard InChI is InChI=1S/C19H20N2OS/c1-2-21(15-9-10-15)13-14-7-11-16(12-8-14)22-19-20-17-5-3-4-6-18(17)23-19/h3-8,11-12,15H,2,9-10,13H2,1H3. The van der Waals surface area contributed by atoms with Crippen molar-refractivity contribution < 1.29 is 4.74 Å². The van der Waals surface area contributed by atoms with Gasteiger partial charge in [-0.25, -0.2) is 4.98 Å². The molecular weight excluding hydrogens is 304 g/mol. The second kappa shape index (κ2) is 6.30. The summed E-state index contributed by atoms with van der Waals surface area (Å²) in [6, 6.07) is 17.3. The lowest BCUT2D eigenvalue weighted by Gasteiger charge is -2.19. The number of benzene rings is 2. The Balaban J connectivity index is 1.45. The van der Waals surface area contributed by atoms with Crippen LogP contribution in [0.4, 0.5) is 0 Å². The molecule has 2 aromatic carbocycles. The summed E-state index contributed by atoms with van der Waals surface area (Å²) in [7, 11) is 0. The lowest BCUT2D eigenvalue weighted by molar-refractivity contribution is 0.269. The summed E-state index contributed by atoms with van der Waals surface area (Å²) in [5, 5.41) is 0.701. The van der Waals surface area contributed by atoms with Crippen molar-refractivity contribution in [3.8, 4) is 10.9 Å². The van der Waals surface area contributed by atoms with E-state index in [0.29, 0.717) is 5.19 Å². The molecule has 0 N–H and O–H groups in total. The zero-order chi connectivity index (χ0) is 15.6. The van der Waals surface area contributed by atoms with Crippen LogP contribution in [-0.2, 0) is 6.54 Å². The SMILES string of the molecule is CCN(Cc1ccc(Oc2nc3ccccc3s2)cc1)C1CC1. The fraction of sp³-hybridized carbons (Fsp3) is 0.316. The molecule has 0 unspecified atom stereocenters. The molecule has 1 aliphatic rings. The van der Waals surface area contributed by atoms with Gasteiger partial charge in [0, 0.05) is 12.6 Å². The highest BCUT2D eigenvalue weighted by Gasteiger charge is 2.27. The third-order valence-corrected chi connectivity index (χ3v) is 5.17. The molecule has 0 atom stereocenters. The first-order valence-electron chi connectivity index (χ1n) is 8.18. The summed E-state index contributed by atoms with van der Waals surface area (Å²) in [4.78, 5) is 7.06. The predicted octanol–water partition coefficient (Wildman–Crippen LogP) is 5.07. The lowest BCUT2D eigenvalue weighted by Crippen LogP contribution is -2.24. The van der Waals surface area contributed by atoms with Crippen LogP contribution < -0.4 is 4.74 Å². The first-order chi connectivity index (χ1) is 11.3. The molecule has 1 aliphatic carbocycles. The van der Waals surface area contributed by atoms with Crippen LogP contribution in [0.15, 0.2) is 48.5 Å². The molecule has 0 saturated heterocycles. The van der Waals surface area contributed by atoms with Crippen molar-refractivity contribution in [2.75, 3.05) is 6.54 Å². The number of nitrogens with zero attached hydrogens (tertiary/aromatic N) is 2. The van der Waals surface area contributed by atoms with Gasteiger partial charge in [0.25, 0.3) is 5.19 Å². The van der Waals surface area contributed by atoms with Gasteiger partial charge in [0.2, 0.25) is 0 Å². The smallest absolute Gasteiger partial charge is 0.279 e. The molecule has 1 heterocycles. The largest absolute Gasteiger partial charge is 0.431 e. The second-order valence-electron chi connectivity index (χ2n) is 5.99. The Bertz CT molecular complexity index is 759. The fourth-order valence-corrected chi connectivity index (χ4v) is 3.67. The molecule has 118 valence electrons. The van der Waals surface area contributed by atoms with Gasteiger partial charge in [-0.15, -0.1) is 0 Å². The normalized spacial score (nSPS) is 14.5. The third kappa shape index (κ3) is 3.38. The molecule has 23 heavy (non-hydrogen) atoms. The molecule has 3 aromatic rings. The van der Waals surface area contributed by atoms with Gasteiger partial charge in [0.1, 0.15) is 5.75 Å². The topological polar surface area (TPSA) is 25.4 Å². The number of rotatable bonds is 6. The number of thiazole rings is 1. The van der Waals surface area contributed by atoms with E-state index in [0.717, 1.165) is 35.1 Å². The molecule has 1 fully saturated rings. The number of hydrogen-bond acceptors (Lipinski definition) is 4. The maximum absolute atomic E-state index is 5.90. The van der Waals surface area contributed by atoms with Gasteiger partial charge in [-0.1, -0.05) is 42.5 Å². The number of hydrogen-bond donors (Lipinski definition) is 0. The Kier molecular flexibility index (Phi) is 4.02. The highest BCUT2D eigenvalue weighted by atomic mass is 32.1. The van der Waals surface area contributed by atoms with Gasteiger partial charge >= 0.3 is 0 Å². The van der Waals surface area contributed by atoms with E-state index >= 15 is 0 Å². The molecule has 1 saturated carbocycles. The van der Waals surface area contributed by atoms with E-state index in [4.69, 9.17) is 4.74 Å². The maximum atomic E-state index is 5.90. The van der Waals surface area contributed by atoms with Crippen LogP contribution in [0.5, 0.6) is 10.9 Å². The van der Waals surface area contributed by atoms with E-state index in [1.54, 1.807) is 11.3 Å². The molecule has 0 amide bonds. The van der Waals surface area contributed by atoms with Crippen LogP contribution >= 0.6 is 11.3 Å². The number of para-hydroxylation sites is 1. The van der Waals surface area contributed by atoms with E-state index in [2.05, 4.69) is 35.0 Å². The van der Waals surface area contributed by atoms with Crippen molar-refractivity contribution in [2.24, 2.45) is 0 Å². The van der Waals surface area contributed by atoms with E-state index in [9.17, 15) is 0 Å². The number of aromatic nitrogens is 1. The average Bonchev–Trinajstić information content (AvgIpc) is 3.33. The lowest BCUT2D eigenvalue weighted by atomic mass is 10.2. The second-order valence-corrected chi connectivity index (χ2v) is 6.98. The molecule has 4 heteroatoms. The van der Waals surface area contributed by atoms with Gasteiger partial charge < -0.3 is 4.74 Å². The molecule has 0 bridgehead atoms. The summed E-state index contributed by atoms with van der Waals surface area (Å²) in [5.41, 5.74) is 2.34. The molecule has 0 spiro atoms. The van der Waals surface area contributed by atoms with Gasteiger partial charge in [-0.3, -0.25) is 4.90 Å². The van der Waals surface area contributed by atoms with Gasteiger partial charge in [0.05, 0.1) is 10.2 Å². The Labute approximate surface area is 140 Å². The van der Waals surface area contributed by atoms with Crippen LogP contribution in [0.2, 0.25) is 0 Å². The zero-order valence-corrected chi connectivity index (χ0v) is 14.1. The fourth-order valence-electron chi connectivity index (χ4n) is 2.83. The number of ether oxygens (including phenoxy) is 1. The molecule has 3 nitrogen and oxygen atoms in total. The van der Waals surface area contributed by atoms with Gasteiger partial charge in [-0.05, 0) is 49.2 Å². The molecule has 0 aliphatic heterocycles. The Hall–Kier alpha value is -1.91. The zero-order valence-electron chi connectivity index (χ0n) is 13.2. The average molecular weight is 324 g/mol. The summed E-state index contributed by atoms with van der Waals surface area (Å²) >= 11 is 1.58. The Morgan fingerprint density at radius 1 is 1.13 bits per heavy atom. The Morgan fingerprint density at radius 2 is 1.91 bits per heavy atom. The Morgan fingerprint density at radius 3 is 2.61 bits per heavy atom. The van der Waals surface area contributed by atoms with E-state index in [1.807, 2.05) is 30.3 Å². The number of fused-ring (bicyclic) bond motifs is 1. The van der Waals surface area contributed by atoms with Crippen molar-refractivity contribution in [3.63, 3.8) is 0 Å². The minimum Gasteiger partial charge on any atom is -0.431 e. The maximum Gasteiger partial charge on any atom is 0.279 e. The summed E-state index contributed by atoms with van der Waals surface area (Å²) in [6.45, 7) is 4.39. The van der Waals surface area contributed by atoms with Crippen molar-refractivity contribution in [2.45, 2.75) is 32.4 Å². The first kappa shape index (κ1) is 14.7. The third-order valence-electron chi connectivity index (χ3n) is 4.26. The van der Waals surface area contributed by atoms with E-state index < -0.39 is 0 Å². The summed E-state index contributed by atoms with van der Waals surface area (Å²) in [5.74, 6) is 0.849. The molecule has 4 rings (SSSR count). The summed E-state index contributed by atoms with van der Waals surface area (Å²) in [6.07, 6.45) is 2.71. The first-order valence-corrected chi connectivity index (χ1v) is 9.00. The van der Waals surface area contributed by atoms with Crippen molar-refractivity contribution >= 4 is 21.6 Å². The highest BCUT2D eigenvalue weighted by molar-refractivity contribution is 7.20. The molecule has 1 aromatic heterocycles. The van der Waals surface area contributed by atoms with Gasteiger partial charge in [0.15, 0.2) is 0 Å². The van der Waals surface area contributed by atoms with Crippen LogP contribution in [-0.4, -0.2) is 22.5 Å². The predicted molar refractivity (Wildman–Crippen MR) is 95.2 cm³/mol. The van der Waals surface area contributed by atoms with Crippen LogP contribution in [0, 0.1) is 0 Å². The van der Waals surface area contributed by atoms with Crippen molar-refractivity contribution in [1.82, 2.24) is 9.88 Å². The minimum absolute atomic E-state index is 0.701. The van der Waals surface area contributed by atoms with E-state index in [1.165, 1.54) is 18.4 Å². The van der Waals surface area contributed by atoms with E-state index in [-0.39, 0.29) is 0 Å². The molecular formula is C19H20N2OS. The van der Waals surface area contributed by atoms with Crippen LogP contribution in [0.25, 0.3) is 10.2 Å². The minimum atomic E-state index is 0.701. The quantitative estimate of drug-likeness (QED) is 0.633. The van der Waals surface area contributed by atoms with Crippen LogP contribution in [0.1, 0.15) is 25.3 Å².